The average Bonchev–Trinajstić information content (AvgIpc) is 3.39. The van der Waals surface area contributed by atoms with E-state index in [1.54, 1.807) is 15.8 Å². The van der Waals surface area contributed by atoms with Crippen molar-refractivity contribution < 1.29 is 9.59 Å². The second-order valence-corrected chi connectivity index (χ2v) is 8.25. The van der Waals surface area contributed by atoms with Crippen molar-refractivity contribution in [3.8, 4) is 0 Å². The predicted octanol–water partition coefficient (Wildman–Crippen LogP) is 1.36. The van der Waals surface area contributed by atoms with E-state index in [4.69, 9.17) is 4.99 Å². The first-order chi connectivity index (χ1) is 15.5. The summed E-state index contributed by atoms with van der Waals surface area (Å²) in [6.07, 6.45) is 5.18. The highest BCUT2D eigenvalue weighted by molar-refractivity contribution is 5.98. The van der Waals surface area contributed by atoms with E-state index in [0.717, 1.165) is 42.3 Å². The summed E-state index contributed by atoms with van der Waals surface area (Å²) in [4.78, 5) is 35.2. The van der Waals surface area contributed by atoms with Crippen molar-refractivity contribution in [2.24, 2.45) is 12.0 Å². The van der Waals surface area contributed by atoms with Crippen molar-refractivity contribution in [3.63, 3.8) is 0 Å². The lowest BCUT2D eigenvalue weighted by Crippen LogP contribution is -2.55. The third kappa shape index (κ3) is 5.09. The zero-order valence-electron chi connectivity index (χ0n) is 18.8. The quantitative estimate of drug-likeness (QED) is 0.545. The number of piperazine rings is 1. The van der Waals surface area contributed by atoms with Crippen LogP contribution in [0.3, 0.4) is 0 Å². The minimum atomic E-state index is 0.0344. The maximum Gasteiger partial charge on any atom is 0.246 e. The molecule has 0 atom stereocenters. The summed E-state index contributed by atoms with van der Waals surface area (Å²) >= 11 is 0. The number of guanidine groups is 1. The first kappa shape index (κ1) is 21.9. The van der Waals surface area contributed by atoms with Crippen LogP contribution in [0.4, 0.5) is 5.69 Å². The lowest BCUT2D eigenvalue weighted by atomic mass is 10.1. The molecule has 32 heavy (non-hydrogen) atoms. The Hall–Kier alpha value is -3.36. The van der Waals surface area contributed by atoms with Gasteiger partial charge in [-0.1, -0.05) is 24.3 Å². The lowest BCUT2D eigenvalue weighted by molar-refractivity contribution is -0.128. The molecule has 9 nitrogen and oxygen atoms in total. The highest BCUT2D eigenvalue weighted by Crippen LogP contribution is 2.17. The highest BCUT2D eigenvalue weighted by Gasteiger charge is 2.27. The largest absolute Gasteiger partial charge is 0.356 e. The van der Waals surface area contributed by atoms with Gasteiger partial charge in [0, 0.05) is 52.4 Å². The molecule has 0 bridgehead atoms. The van der Waals surface area contributed by atoms with Gasteiger partial charge in [-0.15, -0.1) is 0 Å². The number of aryl methyl sites for hydroxylation is 1. The molecule has 2 aliphatic rings. The summed E-state index contributed by atoms with van der Waals surface area (Å²) in [5.74, 6) is 1.01. The van der Waals surface area contributed by atoms with Crippen LogP contribution in [0, 0.1) is 0 Å². The Labute approximate surface area is 188 Å². The van der Waals surface area contributed by atoms with Gasteiger partial charge in [0.1, 0.15) is 6.54 Å². The number of nitrogens with one attached hydrogen (secondary N) is 1. The van der Waals surface area contributed by atoms with Gasteiger partial charge in [0.05, 0.1) is 18.4 Å². The zero-order valence-corrected chi connectivity index (χ0v) is 18.8. The van der Waals surface area contributed by atoms with E-state index in [0.29, 0.717) is 32.6 Å². The van der Waals surface area contributed by atoms with Gasteiger partial charge < -0.3 is 20.0 Å². The number of likely N-dealkylation sites (tertiary alicyclic amines) is 1. The van der Waals surface area contributed by atoms with Gasteiger partial charge in [-0.3, -0.25) is 14.3 Å². The molecule has 170 valence electrons. The second-order valence-electron chi connectivity index (χ2n) is 8.25. The van der Waals surface area contributed by atoms with Crippen molar-refractivity contribution in [2.75, 3.05) is 37.6 Å². The fraction of sp³-hybridized carbons (Fsp3) is 0.478. The summed E-state index contributed by atoms with van der Waals surface area (Å²) in [5, 5.41) is 7.48. The minimum Gasteiger partial charge on any atom is -0.356 e. The average molecular weight is 438 g/mol. The smallest absolute Gasteiger partial charge is 0.246 e. The summed E-state index contributed by atoms with van der Waals surface area (Å²) in [6, 6.07) is 8.24. The summed E-state index contributed by atoms with van der Waals surface area (Å²) in [6.45, 7) is 6.33. The summed E-state index contributed by atoms with van der Waals surface area (Å²) in [5.41, 5.74) is 3.04. The first-order valence-electron chi connectivity index (χ1n) is 11.2. The highest BCUT2D eigenvalue weighted by atomic mass is 16.2. The van der Waals surface area contributed by atoms with Gasteiger partial charge in [-0.05, 0) is 24.5 Å². The molecule has 1 N–H and O–H groups in total. The fourth-order valence-electron chi connectivity index (χ4n) is 4.18. The Bertz CT molecular complexity index is 1000. The maximum absolute atomic E-state index is 12.8. The Morgan fingerprint density at radius 1 is 1.16 bits per heavy atom. The van der Waals surface area contributed by atoms with Crippen molar-refractivity contribution in [1.29, 1.82) is 0 Å². The Balaban J connectivity index is 1.40. The SMILES string of the molecule is CCNC(=NCc1cccc(CN2CCCC2=O)c1)N1CCN(c2cnn(C)c2)C(=O)C1. The monoisotopic (exact) mass is 437 g/mol. The molecule has 0 spiro atoms. The van der Waals surface area contributed by atoms with Gasteiger partial charge in [-0.2, -0.15) is 5.10 Å². The number of carbonyl (C=O) groups is 2. The topological polar surface area (TPSA) is 86.1 Å². The van der Waals surface area contributed by atoms with E-state index in [9.17, 15) is 9.59 Å². The molecule has 3 heterocycles. The standard InChI is InChI=1S/C23H31N7O2/c1-3-24-23(29-10-11-30(22(32)17-29)20-14-26-27(2)16-20)25-13-18-6-4-7-19(12-18)15-28-9-5-8-21(28)31/h4,6-7,12,14,16H,3,5,8-11,13,15,17H2,1-2H3,(H,24,25). The van der Waals surface area contributed by atoms with Gasteiger partial charge in [-0.25, -0.2) is 4.99 Å². The van der Waals surface area contributed by atoms with Gasteiger partial charge >= 0.3 is 0 Å². The Kier molecular flexibility index (Phi) is 6.72. The van der Waals surface area contributed by atoms with Crippen LogP contribution in [-0.2, 0) is 29.7 Å². The van der Waals surface area contributed by atoms with E-state index >= 15 is 0 Å². The lowest BCUT2D eigenvalue weighted by Gasteiger charge is -2.35. The van der Waals surface area contributed by atoms with Crippen LogP contribution in [0.5, 0.6) is 0 Å². The van der Waals surface area contributed by atoms with Crippen LogP contribution < -0.4 is 10.2 Å². The van der Waals surface area contributed by atoms with Crippen LogP contribution in [0.1, 0.15) is 30.9 Å². The van der Waals surface area contributed by atoms with E-state index in [1.165, 1.54) is 0 Å². The first-order valence-corrected chi connectivity index (χ1v) is 11.2. The molecule has 2 fully saturated rings. The number of benzene rings is 1. The molecule has 1 aromatic heterocycles. The third-order valence-electron chi connectivity index (χ3n) is 5.81. The maximum atomic E-state index is 12.8. The number of anilines is 1. The van der Waals surface area contributed by atoms with E-state index in [-0.39, 0.29) is 18.4 Å². The molecule has 2 aromatic rings. The van der Waals surface area contributed by atoms with E-state index in [2.05, 4.69) is 22.5 Å². The molecule has 1 aromatic carbocycles. The van der Waals surface area contributed by atoms with Crippen LogP contribution in [-0.4, -0.2) is 70.1 Å². The van der Waals surface area contributed by atoms with E-state index < -0.39 is 0 Å². The molecule has 0 saturated carbocycles. The number of aromatic nitrogens is 2. The number of amides is 2. The van der Waals surface area contributed by atoms with Crippen molar-refractivity contribution in [2.45, 2.75) is 32.9 Å². The molecule has 4 rings (SSSR count). The number of hydrogen-bond donors (Lipinski definition) is 1. The second kappa shape index (κ2) is 9.84. The van der Waals surface area contributed by atoms with Crippen molar-refractivity contribution in [1.82, 2.24) is 24.9 Å². The normalized spacial score (nSPS) is 17.4. The third-order valence-corrected chi connectivity index (χ3v) is 5.81. The van der Waals surface area contributed by atoms with Crippen molar-refractivity contribution in [3.05, 3.63) is 47.8 Å². The molecular formula is C23H31N7O2. The molecule has 2 amide bonds. The zero-order chi connectivity index (χ0) is 22.5. The van der Waals surface area contributed by atoms with Gasteiger partial charge in [0.15, 0.2) is 5.96 Å². The van der Waals surface area contributed by atoms with Crippen LogP contribution in [0.15, 0.2) is 41.7 Å². The van der Waals surface area contributed by atoms with Crippen molar-refractivity contribution >= 4 is 23.5 Å². The van der Waals surface area contributed by atoms with Crippen LogP contribution in [0.2, 0.25) is 0 Å². The Morgan fingerprint density at radius 2 is 2.00 bits per heavy atom. The van der Waals surface area contributed by atoms with Gasteiger partial charge in [0.2, 0.25) is 11.8 Å². The predicted molar refractivity (Wildman–Crippen MR) is 123 cm³/mol. The number of rotatable bonds is 6. The molecule has 0 unspecified atom stereocenters. The number of nitrogens with zero attached hydrogens (tertiary/aromatic N) is 6. The molecule has 2 aliphatic heterocycles. The van der Waals surface area contributed by atoms with E-state index in [1.807, 2.05) is 42.1 Å². The number of carbonyl (C=O) groups excluding carboxylic acids is 2. The molecule has 0 radical (unpaired) electrons. The Morgan fingerprint density at radius 3 is 2.69 bits per heavy atom. The fourth-order valence-corrected chi connectivity index (χ4v) is 4.18. The van der Waals surface area contributed by atoms with Crippen LogP contribution in [0.25, 0.3) is 0 Å². The van der Waals surface area contributed by atoms with Gasteiger partial charge in [0.25, 0.3) is 0 Å². The summed E-state index contributed by atoms with van der Waals surface area (Å²) < 4.78 is 1.70. The number of hydrogen-bond acceptors (Lipinski definition) is 4. The minimum absolute atomic E-state index is 0.0344. The number of aliphatic imine (C=N–C) groups is 1. The molecule has 9 heteroatoms. The molecular weight excluding hydrogens is 406 g/mol. The van der Waals surface area contributed by atoms with Crippen LogP contribution >= 0.6 is 0 Å². The summed E-state index contributed by atoms with van der Waals surface area (Å²) in [7, 11) is 1.85. The molecule has 0 aliphatic carbocycles. The molecule has 2 saturated heterocycles.